The van der Waals surface area contributed by atoms with Crippen LogP contribution in [0.5, 0.6) is 0 Å². The van der Waals surface area contributed by atoms with Crippen LogP contribution in [0.15, 0.2) is 0 Å². The van der Waals surface area contributed by atoms with Gasteiger partial charge in [-0.3, -0.25) is 21.5 Å². The van der Waals surface area contributed by atoms with Crippen LogP contribution in [0.25, 0.3) is 0 Å². The Morgan fingerprint density at radius 2 is 0.667 bits per heavy atom. The maximum absolute atomic E-state index is 8.52. The van der Waals surface area contributed by atoms with Crippen molar-refractivity contribution in [2.24, 2.45) is 0 Å². The van der Waals surface area contributed by atoms with Crippen LogP contribution < -0.4 is 0 Å². The topological polar surface area (TPSA) is 161 Å². The van der Waals surface area contributed by atoms with E-state index < -0.39 is 20.8 Å². The molecule has 0 aliphatic rings. The minimum Gasteiger partial charge on any atom is -0.759 e. The van der Waals surface area contributed by atoms with Gasteiger partial charge in [0.2, 0.25) is 0 Å². The Bertz CT molecular complexity index is 213. The Morgan fingerprint density at radius 1 is 0.667 bits per heavy atom. The van der Waals surface area contributed by atoms with Crippen LogP contribution in [0, 0.1) is 7.43 Å². The van der Waals surface area contributed by atoms with Crippen LogP contribution >= 0.6 is 0 Å². The molecule has 0 N–H and O–H groups in total. The molecule has 0 rings (SSSR count). The van der Waals surface area contributed by atoms with Gasteiger partial charge in [0.1, 0.15) is 0 Å². The molecule has 72 valence electrons. The third-order valence-electron chi connectivity index (χ3n) is 0. The van der Waals surface area contributed by atoms with Crippen molar-refractivity contribution in [3.05, 3.63) is 7.43 Å². The van der Waals surface area contributed by atoms with Crippen LogP contribution in [0.3, 0.4) is 0 Å². The van der Waals surface area contributed by atoms with Crippen LogP contribution in [0.2, 0.25) is 0 Å². The van der Waals surface area contributed by atoms with Crippen molar-refractivity contribution >= 4 is 20.8 Å². The average Bonchev–Trinajstić information content (AvgIpc) is 1.12. The molecule has 0 aromatic rings. The van der Waals surface area contributed by atoms with Gasteiger partial charge in [-0.2, -0.15) is 0 Å². The summed E-state index contributed by atoms with van der Waals surface area (Å²) in [4.78, 5) is 0. The number of halogens is 1. The zero-order chi connectivity index (χ0) is 9.00. The number of hydrogen-bond donors (Lipinski definition) is 0. The van der Waals surface area contributed by atoms with E-state index in [0.717, 1.165) is 0 Å². The van der Waals surface area contributed by atoms with E-state index in [1.165, 1.54) is 0 Å². The zero-order valence-electron chi connectivity index (χ0n) is 4.99. The minimum atomic E-state index is -5.17. The summed E-state index contributed by atoms with van der Waals surface area (Å²) in [6, 6.07) is 0. The Hall–Kier alpha value is -0.330. The monoisotopic (exact) mass is 224 g/mol. The Labute approximate surface area is 68.7 Å². The minimum absolute atomic E-state index is 0. The Morgan fingerprint density at radius 3 is 0.667 bits per heavy atom. The molecule has 0 unspecified atom stereocenters. The van der Waals surface area contributed by atoms with Crippen LogP contribution in [-0.2, 0) is 20.8 Å². The predicted molar refractivity (Wildman–Crippen MR) is 26.7 cm³/mol. The molecule has 0 radical (unpaired) electrons. The van der Waals surface area contributed by atoms with E-state index in [2.05, 4.69) is 0 Å². The third-order valence-corrected chi connectivity index (χ3v) is 0. The molecule has 0 spiro atoms. The molecule has 11 heteroatoms. The third kappa shape index (κ3) is 6670. The molecular formula is CHFO8S2. The van der Waals surface area contributed by atoms with Gasteiger partial charge < -0.3 is 18.2 Å². The van der Waals surface area contributed by atoms with Crippen molar-refractivity contribution in [1.29, 1.82) is 0 Å². The van der Waals surface area contributed by atoms with Gasteiger partial charge in [0, 0.05) is 20.8 Å². The van der Waals surface area contributed by atoms with Gasteiger partial charge in [-0.15, -0.1) is 0 Å². The zero-order valence-corrected chi connectivity index (χ0v) is 6.62. The second-order valence-electron chi connectivity index (χ2n) is 0.816. The molecule has 0 heterocycles. The fourth-order valence-corrected chi connectivity index (χ4v) is 0. The van der Waals surface area contributed by atoms with E-state index in [1.807, 2.05) is 0 Å². The van der Waals surface area contributed by atoms with E-state index in [4.69, 9.17) is 35.0 Å². The second kappa shape index (κ2) is 7.33. The molecule has 0 atom stereocenters. The summed E-state index contributed by atoms with van der Waals surface area (Å²) in [6.45, 7) is 0. The van der Waals surface area contributed by atoms with Gasteiger partial charge in [0.25, 0.3) is 0 Å². The summed E-state index contributed by atoms with van der Waals surface area (Å²) < 4.78 is 68.2. The normalized spacial score (nSPS) is 9.67. The SMILES string of the molecule is F.O=S(=O)([O-])[O-].O=S(=O)([O-])[O-].[C+4]. The van der Waals surface area contributed by atoms with Gasteiger partial charge in [0.15, 0.2) is 0 Å². The van der Waals surface area contributed by atoms with E-state index in [1.54, 1.807) is 0 Å². The first kappa shape index (κ1) is 22.6. The molecule has 0 aromatic carbocycles. The van der Waals surface area contributed by atoms with Crippen LogP contribution in [-0.4, -0.2) is 35.0 Å². The van der Waals surface area contributed by atoms with Crippen LogP contribution in [0.4, 0.5) is 4.70 Å². The maximum atomic E-state index is 8.52. The first-order valence-corrected chi connectivity index (χ1v) is 4.00. The summed E-state index contributed by atoms with van der Waals surface area (Å²) in [5.74, 6) is 0. The largest absolute Gasteiger partial charge is 4.00 e. The van der Waals surface area contributed by atoms with Crippen molar-refractivity contribution in [2.75, 3.05) is 0 Å². The average molecular weight is 224 g/mol. The molecular weight excluding hydrogens is 223 g/mol. The summed E-state index contributed by atoms with van der Waals surface area (Å²) in [6.07, 6.45) is 0. The summed E-state index contributed by atoms with van der Waals surface area (Å²) in [5, 5.41) is 0. The molecule has 0 amide bonds. The summed E-state index contributed by atoms with van der Waals surface area (Å²) in [5.41, 5.74) is 0. The van der Waals surface area contributed by atoms with E-state index in [0.29, 0.717) is 0 Å². The standard InChI is InChI=1S/C.FH.2H2O4S/c;;2*1-5(2,3)4/h;1H;2*(H2,1,2,3,4)/q+4;;;/p-4. The quantitative estimate of drug-likeness (QED) is 0.323. The van der Waals surface area contributed by atoms with E-state index in [-0.39, 0.29) is 12.1 Å². The smallest absolute Gasteiger partial charge is 0.759 e. The molecule has 8 nitrogen and oxygen atoms in total. The van der Waals surface area contributed by atoms with Gasteiger partial charge in [-0.1, -0.05) is 0 Å². The molecule has 0 aliphatic heterocycles. The van der Waals surface area contributed by atoms with Crippen molar-refractivity contribution in [1.82, 2.24) is 0 Å². The molecule has 0 aliphatic carbocycles. The molecule has 12 heavy (non-hydrogen) atoms. The maximum Gasteiger partial charge on any atom is 4.00 e. The summed E-state index contributed by atoms with van der Waals surface area (Å²) in [7, 11) is -10.3. The Kier molecular flexibility index (Phi) is 13.8. The van der Waals surface area contributed by atoms with Gasteiger partial charge in [0.05, 0.1) is 0 Å². The first-order chi connectivity index (χ1) is 4.00. The van der Waals surface area contributed by atoms with Crippen molar-refractivity contribution < 1.29 is 39.8 Å². The van der Waals surface area contributed by atoms with Crippen molar-refractivity contribution in [3.8, 4) is 0 Å². The van der Waals surface area contributed by atoms with Crippen molar-refractivity contribution in [2.45, 2.75) is 0 Å². The van der Waals surface area contributed by atoms with Gasteiger partial charge >= 0.3 is 7.43 Å². The number of rotatable bonds is 0. The summed E-state index contributed by atoms with van der Waals surface area (Å²) >= 11 is 0. The van der Waals surface area contributed by atoms with Crippen LogP contribution in [0.1, 0.15) is 0 Å². The molecule has 0 saturated carbocycles. The Balaban J connectivity index is -0.0000000457. The molecule has 0 fully saturated rings. The first-order valence-electron chi connectivity index (χ1n) is 1.33. The predicted octanol–water partition coefficient (Wildman–Crippen LogP) is -2.44. The molecule has 0 aromatic heterocycles. The molecule has 0 saturated heterocycles. The fourth-order valence-electron chi connectivity index (χ4n) is 0. The second-order valence-corrected chi connectivity index (χ2v) is 2.45. The number of hydrogen-bond acceptors (Lipinski definition) is 8. The molecule has 0 bridgehead atoms. The van der Waals surface area contributed by atoms with E-state index >= 15 is 0 Å². The van der Waals surface area contributed by atoms with Gasteiger partial charge in [-0.25, -0.2) is 0 Å². The fraction of sp³-hybridized carbons (Fsp3) is 0. The van der Waals surface area contributed by atoms with E-state index in [9.17, 15) is 0 Å². The van der Waals surface area contributed by atoms with Crippen molar-refractivity contribution in [3.63, 3.8) is 0 Å². The van der Waals surface area contributed by atoms with Gasteiger partial charge in [-0.05, 0) is 0 Å².